The van der Waals surface area contributed by atoms with Crippen LogP contribution in [0.3, 0.4) is 0 Å². The maximum absolute atomic E-state index is 12.1. The Morgan fingerprint density at radius 2 is 2.00 bits per heavy atom. The zero-order chi connectivity index (χ0) is 14.9. The minimum atomic E-state index is -0.626. The lowest BCUT2D eigenvalue weighted by molar-refractivity contribution is 0.355. The lowest BCUT2D eigenvalue weighted by Crippen LogP contribution is -2.13. The van der Waals surface area contributed by atoms with Crippen molar-refractivity contribution in [1.29, 1.82) is 0 Å². The van der Waals surface area contributed by atoms with Crippen LogP contribution < -0.4 is 15.1 Å². The second-order valence-electron chi connectivity index (χ2n) is 3.94. The summed E-state index contributed by atoms with van der Waals surface area (Å²) in [6.07, 6.45) is 0.667. The van der Waals surface area contributed by atoms with Gasteiger partial charge >= 0.3 is 11.6 Å². The van der Waals surface area contributed by atoms with Crippen LogP contribution in [-0.2, 0) is 3.23 Å². The predicted molar refractivity (Wildman–Crippen MR) is 81.0 cm³/mol. The van der Waals surface area contributed by atoms with E-state index in [1.165, 1.54) is 14.2 Å². The molecule has 108 valence electrons. The van der Waals surface area contributed by atoms with Gasteiger partial charge in [-0.25, -0.2) is 4.79 Å². The highest BCUT2D eigenvalue weighted by Crippen LogP contribution is 2.41. The van der Waals surface area contributed by atoms with Gasteiger partial charge in [0.25, 0.3) is 0 Å². The van der Waals surface area contributed by atoms with Crippen molar-refractivity contribution in [1.82, 2.24) is 9.97 Å². The van der Waals surface area contributed by atoms with Crippen molar-refractivity contribution in [2.45, 2.75) is 16.6 Å². The first kappa shape index (κ1) is 15.2. The maximum Gasteiger partial charge on any atom is 0.351 e. The van der Waals surface area contributed by atoms with E-state index < -0.39 is 8.86 Å². The zero-order valence-electron chi connectivity index (χ0n) is 11.1. The average molecular weight is 408 g/mol. The number of ether oxygens (including phenoxy) is 2. The summed E-state index contributed by atoms with van der Waals surface area (Å²) in [5, 5.41) is 0.184. The SMILES string of the molecule is CCC(Br)(Br)c1cc2nc(OC)nc(OC)c2c(=O)o1. The van der Waals surface area contributed by atoms with Gasteiger partial charge in [0.15, 0.2) is 0 Å². The fourth-order valence-electron chi connectivity index (χ4n) is 1.63. The Balaban J connectivity index is 2.80. The number of alkyl halides is 2. The van der Waals surface area contributed by atoms with E-state index >= 15 is 0 Å². The highest BCUT2D eigenvalue weighted by Gasteiger charge is 2.28. The third-order valence-electron chi connectivity index (χ3n) is 2.74. The molecule has 0 atom stereocenters. The summed E-state index contributed by atoms with van der Waals surface area (Å²) in [5.41, 5.74) is -0.162. The first-order valence-electron chi connectivity index (χ1n) is 5.75. The molecule has 0 spiro atoms. The van der Waals surface area contributed by atoms with Crippen molar-refractivity contribution >= 4 is 42.8 Å². The van der Waals surface area contributed by atoms with Crippen LogP contribution in [0.1, 0.15) is 19.1 Å². The van der Waals surface area contributed by atoms with Gasteiger partial charge in [0, 0.05) is 6.07 Å². The van der Waals surface area contributed by atoms with E-state index in [9.17, 15) is 4.79 Å². The molecule has 0 aliphatic heterocycles. The molecule has 2 rings (SSSR count). The molecule has 0 aliphatic carbocycles. The molecule has 2 heterocycles. The number of aromatic nitrogens is 2. The quantitative estimate of drug-likeness (QED) is 0.725. The van der Waals surface area contributed by atoms with Gasteiger partial charge in [0.2, 0.25) is 5.88 Å². The molecular weight excluding hydrogens is 396 g/mol. The van der Waals surface area contributed by atoms with Crippen molar-refractivity contribution in [3.05, 3.63) is 22.2 Å². The topological polar surface area (TPSA) is 74.5 Å². The van der Waals surface area contributed by atoms with Crippen LogP contribution >= 0.6 is 31.9 Å². The first-order valence-corrected chi connectivity index (χ1v) is 7.33. The van der Waals surface area contributed by atoms with Gasteiger partial charge in [-0.15, -0.1) is 0 Å². The molecule has 0 radical (unpaired) electrons. The van der Waals surface area contributed by atoms with Crippen molar-refractivity contribution in [2.24, 2.45) is 0 Å². The van der Waals surface area contributed by atoms with Crippen molar-refractivity contribution in [3.8, 4) is 11.9 Å². The van der Waals surface area contributed by atoms with Crippen LogP contribution in [0, 0.1) is 0 Å². The van der Waals surface area contributed by atoms with Crippen LogP contribution in [-0.4, -0.2) is 24.2 Å². The smallest absolute Gasteiger partial charge is 0.351 e. The lowest BCUT2D eigenvalue weighted by Gasteiger charge is -2.17. The van der Waals surface area contributed by atoms with Gasteiger partial charge in [-0.1, -0.05) is 38.8 Å². The van der Waals surface area contributed by atoms with E-state index in [1.807, 2.05) is 6.92 Å². The Morgan fingerprint density at radius 3 is 2.55 bits per heavy atom. The summed E-state index contributed by atoms with van der Waals surface area (Å²) in [7, 11) is 2.86. The monoisotopic (exact) mass is 406 g/mol. The molecule has 6 nitrogen and oxygen atoms in total. The number of fused-ring (bicyclic) bond motifs is 1. The van der Waals surface area contributed by atoms with Crippen molar-refractivity contribution < 1.29 is 13.9 Å². The number of methoxy groups -OCH3 is 2. The van der Waals surface area contributed by atoms with Gasteiger partial charge in [-0.2, -0.15) is 9.97 Å². The second-order valence-corrected chi connectivity index (χ2v) is 7.71. The molecule has 0 N–H and O–H groups in total. The van der Waals surface area contributed by atoms with Gasteiger partial charge in [-0.3, -0.25) is 0 Å². The maximum atomic E-state index is 12.1. The highest BCUT2D eigenvalue weighted by molar-refractivity contribution is 9.24. The van der Waals surface area contributed by atoms with Gasteiger partial charge in [0.05, 0.1) is 19.7 Å². The van der Waals surface area contributed by atoms with Crippen LogP contribution in [0.4, 0.5) is 0 Å². The third-order valence-corrected chi connectivity index (χ3v) is 4.64. The Morgan fingerprint density at radius 1 is 1.30 bits per heavy atom. The van der Waals surface area contributed by atoms with E-state index in [-0.39, 0.29) is 17.3 Å². The van der Waals surface area contributed by atoms with E-state index in [4.69, 9.17) is 13.9 Å². The normalized spacial score (nSPS) is 11.7. The lowest BCUT2D eigenvalue weighted by atomic mass is 10.2. The molecule has 0 aliphatic rings. The van der Waals surface area contributed by atoms with Gasteiger partial charge < -0.3 is 13.9 Å². The Kier molecular flexibility index (Phi) is 4.33. The Labute approximate surface area is 131 Å². The number of halogens is 2. The summed E-state index contributed by atoms with van der Waals surface area (Å²) in [6.45, 7) is 1.94. The Bertz CT molecular complexity index is 700. The first-order chi connectivity index (χ1) is 9.42. The van der Waals surface area contributed by atoms with Crippen LogP contribution in [0.25, 0.3) is 10.9 Å². The number of hydrogen-bond donors (Lipinski definition) is 0. The molecule has 2 aromatic heterocycles. The molecule has 0 aromatic carbocycles. The van der Waals surface area contributed by atoms with E-state index in [2.05, 4.69) is 41.8 Å². The van der Waals surface area contributed by atoms with Crippen molar-refractivity contribution in [3.63, 3.8) is 0 Å². The zero-order valence-corrected chi connectivity index (χ0v) is 14.2. The standard InChI is InChI=1S/C12H12Br2N2O4/c1-4-12(13,14)7-5-6-8(10(17)20-7)9(18-2)16-11(15-6)19-3/h5H,4H2,1-3H3. The van der Waals surface area contributed by atoms with E-state index in [0.29, 0.717) is 17.7 Å². The molecule has 20 heavy (non-hydrogen) atoms. The molecule has 0 bridgehead atoms. The molecule has 0 fully saturated rings. The van der Waals surface area contributed by atoms with Crippen LogP contribution in [0.15, 0.2) is 15.3 Å². The van der Waals surface area contributed by atoms with Gasteiger partial charge in [-0.05, 0) is 6.42 Å². The van der Waals surface area contributed by atoms with E-state index in [1.54, 1.807) is 6.07 Å². The summed E-state index contributed by atoms with van der Waals surface area (Å²) < 4.78 is 14.8. The fraction of sp³-hybridized carbons (Fsp3) is 0.417. The number of nitrogens with zero attached hydrogens (tertiary/aromatic N) is 2. The fourth-order valence-corrected chi connectivity index (χ4v) is 2.02. The summed E-state index contributed by atoms with van der Waals surface area (Å²) >= 11 is 6.92. The largest absolute Gasteiger partial charge is 0.480 e. The average Bonchev–Trinajstić information content (AvgIpc) is 2.45. The summed E-state index contributed by atoms with van der Waals surface area (Å²) in [6, 6.07) is 1.77. The minimum Gasteiger partial charge on any atom is -0.480 e. The van der Waals surface area contributed by atoms with Crippen LogP contribution in [0.2, 0.25) is 0 Å². The van der Waals surface area contributed by atoms with Crippen molar-refractivity contribution in [2.75, 3.05) is 14.2 Å². The molecule has 0 saturated carbocycles. The number of hydrogen-bond acceptors (Lipinski definition) is 6. The highest BCUT2D eigenvalue weighted by atomic mass is 79.9. The number of rotatable bonds is 4. The predicted octanol–water partition coefficient (Wildman–Crippen LogP) is 2.95. The summed E-state index contributed by atoms with van der Waals surface area (Å²) in [5.74, 6) is 0.540. The third kappa shape index (κ3) is 2.67. The van der Waals surface area contributed by atoms with E-state index in [0.717, 1.165) is 0 Å². The Hall–Kier alpha value is -1.15. The second kappa shape index (κ2) is 5.69. The molecule has 0 saturated heterocycles. The molecular formula is C12H12Br2N2O4. The molecule has 0 unspecified atom stereocenters. The van der Waals surface area contributed by atoms with Gasteiger partial charge in [0.1, 0.15) is 14.4 Å². The summed E-state index contributed by atoms with van der Waals surface area (Å²) in [4.78, 5) is 20.3. The minimum absolute atomic E-state index is 0.122. The van der Waals surface area contributed by atoms with Crippen LogP contribution in [0.5, 0.6) is 11.9 Å². The molecule has 8 heteroatoms. The molecule has 0 amide bonds. The molecule has 2 aromatic rings.